The molecule has 0 radical (unpaired) electrons. The van der Waals surface area contributed by atoms with Gasteiger partial charge in [0.2, 0.25) is 0 Å². The molecule has 30 heavy (non-hydrogen) atoms. The van der Waals surface area contributed by atoms with Crippen LogP contribution in [0.2, 0.25) is 0 Å². The van der Waals surface area contributed by atoms with Crippen LogP contribution < -0.4 is 0 Å². The average Bonchev–Trinajstić information content (AvgIpc) is 2.89. The molecule has 1 rings (SSSR count). The largest absolute Gasteiger partial charge is 0.462 e. The topological polar surface area (TPSA) is 121 Å². The Morgan fingerprint density at radius 2 is 1.90 bits per heavy atom. The Morgan fingerprint density at radius 3 is 2.33 bits per heavy atom. The maximum atomic E-state index is 12.8. The molecule has 7 heteroatoms. The zero-order valence-corrected chi connectivity index (χ0v) is 19.1. The molecule has 0 heterocycles. The minimum absolute atomic E-state index is 0.0998. The lowest BCUT2D eigenvalue weighted by Gasteiger charge is -2.43. The number of carbonyl (C=O) groups excluding carboxylic acids is 3. The van der Waals surface area contributed by atoms with Crippen molar-refractivity contribution >= 4 is 17.5 Å². The molecule has 0 aromatic rings. The van der Waals surface area contributed by atoms with Crippen LogP contribution in [0.4, 0.5) is 0 Å². The summed E-state index contributed by atoms with van der Waals surface area (Å²) in [5.41, 5.74) is -2.61. The van der Waals surface area contributed by atoms with Crippen LogP contribution in [0.15, 0.2) is 23.3 Å². The molecule has 7 nitrogen and oxygen atoms in total. The Balaban J connectivity index is 3.25. The fraction of sp³-hybridized carbons (Fsp3) is 0.696. The molecule has 0 fully saturated rings. The molecule has 3 N–H and O–H groups in total. The summed E-state index contributed by atoms with van der Waals surface area (Å²) in [4.78, 5) is 36.2. The molecule has 1 aliphatic rings. The Hall–Kier alpha value is -1.83. The van der Waals surface area contributed by atoms with Crippen LogP contribution in [0.25, 0.3) is 0 Å². The van der Waals surface area contributed by atoms with Crippen molar-refractivity contribution in [3.05, 3.63) is 23.3 Å². The summed E-state index contributed by atoms with van der Waals surface area (Å²) in [6, 6.07) is 0. The predicted octanol–water partition coefficient (Wildman–Crippen LogP) is 2.13. The van der Waals surface area contributed by atoms with Gasteiger partial charge in [0, 0.05) is 19.3 Å². The van der Waals surface area contributed by atoms with Gasteiger partial charge in [-0.25, -0.2) is 0 Å². The van der Waals surface area contributed by atoms with Gasteiger partial charge in [0.25, 0.3) is 0 Å². The monoisotopic (exact) mass is 424 g/mol. The smallest absolute Gasteiger partial charge is 0.302 e. The van der Waals surface area contributed by atoms with Gasteiger partial charge in [-0.2, -0.15) is 0 Å². The number of allylic oxidation sites excluding steroid dienone is 1. The van der Waals surface area contributed by atoms with E-state index in [2.05, 4.69) is 0 Å². The van der Waals surface area contributed by atoms with E-state index in [4.69, 9.17) is 4.74 Å². The number of aliphatic hydroxyl groups is 3. The lowest BCUT2D eigenvalue weighted by atomic mass is 9.68. The van der Waals surface area contributed by atoms with Crippen molar-refractivity contribution < 1.29 is 34.4 Å². The molecule has 0 saturated heterocycles. The van der Waals surface area contributed by atoms with Gasteiger partial charge >= 0.3 is 5.97 Å². The SMILES string of the molecule is C/C=C(/CO)C[C@]1(O)C(=O)C(C)=C[C@H]1[C@@](C)(O)[C@H](C)C[C@H](OC(C)=O)[C@H](C)C(C)=O. The predicted molar refractivity (Wildman–Crippen MR) is 112 cm³/mol. The molecule has 170 valence electrons. The Bertz CT molecular complexity index is 734. The number of aliphatic hydroxyl groups excluding tert-OH is 1. The van der Waals surface area contributed by atoms with Crippen molar-refractivity contribution in [2.45, 2.75) is 78.6 Å². The quantitative estimate of drug-likeness (QED) is 0.363. The van der Waals surface area contributed by atoms with Crippen molar-refractivity contribution in [2.75, 3.05) is 6.61 Å². The van der Waals surface area contributed by atoms with Gasteiger partial charge in [-0.15, -0.1) is 0 Å². The van der Waals surface area contributed by atoms with Gasteiger partial charge in [0.1, 0.15) is 17.5 Å². The summed E-state index contributed by atoms with van der Waals surface area (Å²) in [6.07, 6.45) is 2.55. The zero-order valence-electron chi connectivity index (χ0n) is 19.1. The van der Waals surface area contributed by atoms with E-state index < -0.39 is 46.8 Å². The molecule has 0 amide bonds. The van der Waals surface area contributed by atoms with Crippen LogP contribution in [0, 0.1) is 17.8 Å². The molecule has 0 bridgehead atoms. The van der Waals surface area contributed by atoms with E-state index in [1.165, 1.54) is 20.8 Å². The lowest BCUT2D eigenvalue weighted by Crippen LogP contribution is -2.55. The van der Waals surface area contributed by atoms with Gasteiger partial charge in [-0.3, -0.25) is 14.4 Å². The van der Waals surface area contributed by atoms with Crippen LogP contribution in [0.3, 0.4) is 0 Å². The molecule has 0 saturated carbocycles. The fourth-order valence-corrected chi connectivity index (χ4v) is 4.11. The number of rotatable bonds is 10. The van der Waals surface area contributed by atoms with E-state index in [0.29, 0.717) is 11.1 Å². The second-order valence-corrected chi connectivity index (χ2v) is 8.77. The minimum atomic E-state index is -1.89. The number of ether oxygens (including phenoxy) is 1. The number of Topliss-reactive ketones (excluding diaryl/α,β-unsaturated/α-hetero) is 2. The van der Waals surface area contributed by atoms with Gasteiger partial charge in [0.15, 0.2) is 5.78 Å². The number of carbonyl (C=O) groups is 3. The summed E-state index contributed by atoms with van der Waals surface area (Å²) in [6.45, 7) is 10.6. The van der Waals surface area contributed by atoms with E-state index in [9.17, 15) is 29.7 Å². The third kappa shape index (κ3) is 5.45. The van der Waals surface area contributed by atoms with E-state index in [0.717, 1.165) is 0 Å². The van der Waals surface area contributed by atoms with E-state index >= 15 is 0 Å². The van der Waals surface area contributed by atoms with Crippen molar-refractivity contribution in [1.82, 2.24) is 0 Å². The van der Waals surface area contributed by atoms with Gasteiger partial charge in [-0.05, 0) is 51.2 Å². The van der Waals surface area contributed by atoms with Crippen LogP contribution >= 0.6 is 0 Å². The number of esters is 1. The highest BCUT2D eigenvalue weighted by molar-refractivity contribution is 6.04. The molecule has 6 atom stereocenters. The van der Waals surface area contributed by atoms with Gasteiger partial charge in [-0.1, -0.05) is 26.0 Å². The van der Waals surface area contributed by atoms with Crippen molar-refractivity contribution in [2.24, 2.45) is 17.8 Å². The molecule has 0 spiro atoms. The summed E-state index contributed by atoms with van der Waals surface area (Å²) in [5.74, 6) is -3.17. The molecular formula is C23H36O7. The Kier molecular flexibility index (Phi) is 8.72. The number of hydrogen-bond donors (Lipinski definition) is 3. The van der Waals surface area contributed by atoms with E-state index in [-0.39, 0.29) is 25.2 Å². The Morgan fingerprint density at radius 1 is 1.33 bits per heavy atom. The summed E-state index contributed by atoms with van der Waals surface area (Å²) < 4.78 is 5.34. The molecule has 0 aliphatic heterocycles. The normalized spacial score (nSPS) is 27.1. The first kappa shape index (κ1) is 26.2. The van der Waals surface area contributed by atoms with Crippen molar-refractivity contribution in [1.29, 1.82) is 0 Å². The first-order chi connectivity index (χ1) is 13.7. The summed E-state index contributed by atoms with van der Waals surface area (Å²) >= 11 is 0. The number of hydrogen-bond acceptors (Lipinski definition) is 7. The standard InChI is InChI=1S/C23H36O7/c1-8-18(12-24)11-23(29)20(9-13(2)21(23)27)22(7,28)14(3)10-19(30-17(6)26)15(4)16(5)25/h8-9,14-15,19-20,24,28-29H,10-12H2,1-7H3/b18-8+/t14-,15-,19+,20+,22+,23-/m1/s1. The van der Waals surface area contributed by atoms with Crippen LogP contribution in [-0.2, 0) is 19.1 Å². The second kappa shape index (κ2) is 9.98. The van der Waals surface area contributed by atoms with Crippen molar-refractivity contribution in [3.63, 3.8) is 0 Å². The van der Waals surface area contributed by atoms with Crippen molar-refractivity contribution in [3.8, 4) is 0 Å². The van der Waals surface area contributed by atoms with Crippen LogP contribution in [0.5, 0.6) is 0 Å². The van der Waals surface area contributed by atoms with Gasteiger partial charge < -0.3 is 20.1 Å². The highest BCUT2D eigenvalue weighted by Gasteiger charge is 2.56. The molecule has 0 unspecified atom stereocenters. The highest BCUT2D eigenvalue weighted by Crippen LogP contribution is 2.46. The average molecular weight is 425 g/mol. The lowest BCUT2D eigenvalue weighted by molar-refractivity contribution is -0.159. The zero-order chi connectivity index (χ0) is 23.4. The van der Waals surface area contributed by atoms with Crippen LogP contribution in [0.1, 0.15) is 61.3 Å². The molecule has 1 aliphatic carbocycles. The van der Waals surface area contributed by atoms with Gasteiger partial charge in [0.05, 0.1) is 18.1 Å². The van der Waals surface area contributed by atoms with E-state index in [1.54, 1.807) is 39.8 Å². The summed E-state index contributed by atoms with van der Waals surface area (Å²) in [7, 11) is 0. The summed E-state index contributed by atoms with van der Waals surface area (Å²) in [5, 5.41) is 32.3. The second-order valence-electron chi connectivity index (χ2n) is 8.77. The highest BCUT2D eigenvalue weighted by atomic mass is 16.5. The first-order valence-electron chi connectivity index (χ1n) is 10.3. The third-order valence-corrected chi connectivity index (χ3v) is 6.52. The maximum absolute atomic E-state index is 12.8. The maximum Gasteiger partial charge on any atom is 0.302 e. The number of ketones is 2. The Labute approximate surface area is 178 Å². The van der Waals surface area contributed by atoms with Crippen LogP contribution in [-0.4, -0.2) is 56.8 Å². The minimum Gasteiger partial charge on any atom is -0.462 e. The molecule has 0 aromatic carbocycles. The molecule has 0 aromatic heterocycles. The fourth-order valence-electron chi connectivity index (χ4n) is 4.11. The van der Waals surface area contributed by atoms with E-state index in [1.807, 2.05) is 0 Å². The molecular weight excluding hydrogens is 388 g/mol. The first-order valence-corrected chi connectivity index (χ1v) is 10.3. The third-order valence-electron chi connectivity index (χ3n) is 6.52.